The number of ether oxygens (including phenoxy) is 2. The second-order valence-corrected chi connectivity index (χ2v) is 5.70. The monoisotopic (exact) mass is 321 g/mol. The summed E-state index contributed by atoms with van der Waals surface area (Å²) in [7, 11) is 1.67. The Labute approximate surface area is 137 Å². The normalized spacial score (nSPS) is 18.1. The molecule has 120 valence electrons. The highest BCUT2D eigenvalue weighted by Crippen LogP contribution is 2.18. The van der Waals surface area contributed by atoms with Gasteiger partial charge in [0, 0.05) is 25.3 Å². The van der Waals surface area contributed by atoms with E-state index in [2.05, 4.69) is 15.8 Å². The Morgan fingerprint density at radius 1 is 1.45 bits per heavy atom. The van der Waals surface area contributed by atoms with Gasteiger partial charge in [0.15, 0.2) is 5.11 Å². The fraction of sp³-hybridized carbons (Fsp3) is 0.500. The summed E-state index contributed by atoms with van der Waals surface area (Å²) in [6.45, 7) is 3.54. The van der Waals surface area contributed by atoms with Crippen LogP contribution < -0.4 is 15.5 Å². The molecule has 0 unspecified atom stereocenters. The molecule has 0 amide bonds. The molecule has 1 saturated heterocycles. The van der Waals surface area contributed by atoms with Gasteiger partial charge in [-0.1, -0.05) is 18.2 Å². The van der Waals surface area contributed by atoms with E-state index in [9.17, 15) is 0 Å². The zero-order valence-electron chi connectivity index (χ0n) is 13.1. The lowest BCUT2D eigenvalue weighted by molar-refractivity contribution is 0.114. The molecule has 0 aliphatic carbocycles. The number of benzene rings is 1. The lowest BCUT2D eigenvalue weighted by atomic mass is 10.1. The highest BCUT2D eigenvalue weighted by atomic mass is 32.1. The number of nitrogens with zero attached hydrogens (tertiary/aromatic N) is 1. The number of hydrogen-bond acceptors (Lipinski definition) is 4. The number of methoxy groups -OCH3 is 1. The van der Waals surface area contributed by atoms with Crippen LogP contribution in [0.15, 0.2) is 29.4 Å². The van der Waals surface area contributed by atoms with Crippen LogP contribution in [0.25, 0.3) is 0 Å². The summed E-state index contributed by atoms with van der Waals surface area (Å²) in [5.74, 6) is 0.871. The molecule has 0 aromatic heterocycles. The molecule has 6 heteroatoms. The quantitative estimate of drug-likeness (QED) is 0.478. The first kappa shape index (κ1) is 16.7. The first-order valence-corrected chi connectivity index (χ1v) is 7.90. The van der Waals surface area contributed by atoms with Crippen LogP contribution in [-0.4, -0.2) is 37.2 Å². The Morgan fingerprint density at radius 3 is 3.00 bits per heavy atom. The van der Waals surface area contributed by atoms with Gasteiger partial charge in [0.25, 0.3) is 0 Å². The Bertz CT molecular complexity index is 528. The van der Waals surface area contributed by atoms with Crippen molar-refractivity contribution in [1.82, 2.24) is 10.7 Å². The van der Waals surface area contributed by atoms with Crippen LogP contribution in [0.2, 0.25) is 0 Å². The second-order valence-electron chi connectivity index (χ2n) is 5.29. The molecule has 1 aliphatic rings. The van der Waals surface area contributed by atoms with Gasteiger partial charge in [-0.15, -0.1) is 0 Å². The van der Waals surface area contributed by atoms with Gasteiger partial charge in [-0.25, -0.2) is 0 Å². The Kier molecular flexibility index (Phi) is 6.61. The van der Waals surface area contributed by atoms with Gasteiger partial charge >= 0.3 is 0 Å². The first-order chi connectivity index (χ1) is 10.7. The van der Waals surface area contributed by atoms with Gasteiger partial charge < -0.3 is 14.8 Å². The van der Waals surface area contributed by atoms with Crippen LogP contribution in [0.1, 0.15) is 25.3 Å². The molecule has 0 saturated carbocycles. The largest absolute Gasteiger partial charge is 0.496 e. The number of para-hydroxylation sites is 1. The lowest BCUT2D eigenvalue weighted by Crippen LogP contribution is -2.37. The molecule has 2 rings (SSSR count). The molecule has 1 aromatic rings. The zero-order chi connectivity index (χ0) is 15.8. The first-order valence-electron chi connectivity index (χ1n) is 7.49. The predicted octanol–water partition coefficient (Wildman–Crippen LogP) is 2.26. The van der Waals surface area contributed by atoms with Gasteiger partial charge in [-0.3, -0.25) is 5.43 Å². The average molecular weight is 321 g/mol. The van der Waals surface area contributed by atoms with Crippen molar-refractivity contribution in [2.75, 3.05) is 20.3 Å². The van der Waals surface area contributed by atoms with Gasteiger partial charge in [0.2, 0.25) is 0 Å². The minimum absolute atomic E-state index is 0.262. The molecule has 1 fully saturated rings. The standard InChI is InChI=1S/C16H23N3O2S/c1-12(10-13-6-3-4-8-15(13)20-2)18-19-16(22)17-11-14-7-5-9-21-14/h3-4,6,8,14H,5,7,9-11H2,1-2H3,(H2,17,19,22)/b18-12-/t14-/m1/s1. The number of nitrogens with one attached hydrogen (secondary N) is 2. The molecule has 5 nitrogen and oxygen atoms in total. The van der Waals surface area contributed by atoms with Crippen molar-refractivity contribution in [3.05, 3.63) is 29.8 Å². The Balaban J connectivity index is 1.77. The maximum absolute atomic E-state index is 5.53. The third kappa shape index (κ3) is 5.27. The topological polar surface area (TPSA) is 54.9 Å². The third-order valence-electron chi connectivity index (χ3n) is 3.50. The summed E-state index contributed by atoms with van der Waals surface area (Å²) < 4.78 is 10.9. The lowest BCUT2D eigenvalue weighted by Gasteiger charge is -2.12. The SMILES string of the molecule is COc1ccccc1C/C(C)=N\NC(=S)NC[C@H]1CCCO1. The van der Waals surface area contributed by atoms with Crippen LogP contribution in [0.4, 0.5) is 0 Å². The van der Waals surface area contributed by atoms with Crippen molar-refractivity contribution in [2.24, 2.45) is 5.10 Å². The van der Waals surface area contributed by atoms with E-state index in [-0.39, 0.29) is 6.10 Å². The van der Waals surface area contributed by atoms with Crippen molar-refractivity contribution in [3.63, 3.8) is 0 Å². The van der Waals surface area contributed by atoms with E-state index in [0.717, 1.165) is 43.0 Å². The van der Waals surface area contributed by atoms with Crippen LogP contribution in [-0.2, 0) is 11.2 Å². The van der Waals surface area contributed by atoms with E-state index in [1.165, 1.54) is 0 Å². The van der Waals surface area contributed by atoms with Gasteiger partial charge in [0.05, 0.1) is 13.2 Å². The highest BCUT2D eigenvalue weighted by Gasteiger charge is 2.15. The van der Waals surface area contributed by atoms with E-state index in [0.29, 0.717) is 11.5 Å². The van der Waals surface area contributed by atoms with Crippen molar-refractivity contribution < 1.29 is 9.47 Å². The molecule has 1 atom stereocenters. The van der Waals surface area contributed by atoms with E-state index in [1.807, 2.05) is 31.2 Å². The van der Waals surface area contributed by atoms with Crippen LogP contribution in [0.3, 0.4) is 0 Å². The number of hydrazone groups is 1. The summed E-state index contributed by atoms with van der Waals surface area (Å²) in [5.41, 5.74) is 4.91. The predicted molar refractivity (Wildman–Crippen MR) is 92.5 cm³/mol. The molecule has 0 radical (unpaired) electrons. The molecule has 1 heterocycles. The molecule has 0 bridgehead atoms. The van der Waals surface area contributed by atoms with Gasteiger partial charge in [-0.2, -0.15) is 5.10 Å². The molecule has 22 heavy (non-hydrogen) atoms. The van der Waals surface area contributed by atoms with E-state index in [4.69, 9.17) is 21.7 Å². The smallest absolute Gasteiger partial charge is 0.187 e. The van der Waals surface area contributed by atoms with Gasteiger partial charge in [-0.05, 0) is 43.6 Å². The highest BCUT2D eigenvalue weighted by molar-refractivity contribution is 7.80. The van der Waals surface area contributed by atoms with E-state index in [1.54, 1.807) is 7.11 Å². The number of rotatable bonds is 6. The molecular formula is C16H23N3O2S. The van der Waals surface area contributed by atoms with Crippen molar-refractivity contribution >= 4 is 23.0 Å². The number of hydrogen-bond donors (Lipinski definition) is 2. The maximum atomic E-state index is 5.53. The summed E-state index contributed by atoms with van der Waals surface area (Å²) in [4.78, 5) is 0. The number of thiocarbonyl (C=S) groups is 1. The zero-order valence-corrected chi connectivity index (χ0v) is 13.9. The molecular weight excluding hydrogens is 298 g/mol. The van der Waals surface area contributed by atoms with Crippen LogP contribution in [0.5, 0.6) is 5.75 Å². The van der Waals surface area contributed by atoms with Crippen LogP contribution in [0, 0.1) is 0 Å². The summed E-state index contributed by atoms with van der Waals surface area (Å²) in [6.07, 6.45) is 3.19. The molecule has 2 N–H and O–H groups in total. The van der Waals surface area contributed by atoms with Crippen molar-refractivity contribution in [1.29, 1.82) is 0 Å². The third-order valence-corrected chi connectivity index (χ3v) is 3.74. The Morgan fingerprint density at radius 2 is 2.27 bits per heavy atom. The summed E-state index contributed by atoms with van der Waals surface area (Å²) in [5, 5.41) is 7.96. The van der Waals surface area contributed by atoms with Crippen LogP contribution >= 0.6 is 12.2 Å². The molecule has 1 aliphatic heterocycles. The molecule has 1 aromatic carbocycles. The fourth-order valence-corrected chi connectivity index (χ4v) is 2.49. The van der Waals surface area contributed by atoms with Crippen molar-refractivity contribution in [3.8, 4) is 5.75 Å². The Hall–Kier alpha value is -1.66. The fourth-order valence-electron chi connectivity index (χ4n) is 2.36. The van der Waals surface area contributed by atoms with E-state index >= 15 is 0 Å². The second kappa shape index (κ2) is 8.70. The van der Waals surface area contributed by atoms with Gasteiger partial charge in [0.1, 0.15) is 5.75 Å². The summed E-state index contributed by atoms with van der Waals surface area (Å²) in [6, 6.07) is 7.93. The van der Waals surface area contributed by atoms with E-state index < -0.39 is 0 Å². The average Bonchev–Trinajstić information content (AvgIpc) is 3.05. The molecule has 0 spiro atoms. The maximum Gasteiger partial charge on any atom is 0.187 e. The summed E-state index contributed by atoms with van der Waals surface area (Å²) >= 11 is 5.21. The minimum atomic E-state index is 0.262. The van der Waals surface area contributed by atoms with Crippen molar-refractivity contribution in [2.45, 2.75) is 32.3 Å². The minimum Gasteiger partial charge on any atom is -0.496 e.